The molecule has 10 heteroatoms. The van der Waals surface area contributed by atoms with Crippen LogP contribution in [-0.4, -0.2) is 34.9 Å². The number of nitro groups is 1. The Labute approximate surface area is 151 Å². The standard InChI is InChI=1S/C17H16F3N3O4/c18-17(19,20)12-1-2-14(15(9-12)23(25)26)21-13-3-6-22(7-4-13)16(24)11-5-8-27-10-11/h1-2,5,8-10,13,21H,3-4,6-7H2. The van der Waals surface area contributed by atoms with Crippen LogP contribution in [0, 0.1) is 10.1 Å². The summed E-state index contributed by atoms with van der Waals surface area (Å²) < 4.78 is 43.2. The average Bonchev–Trinajstić information content (AvgIpc) is 3.15. The van der Waals surface area contributed by atoms with E-state index in [9.17, 15) is 28.1 Å². The van der Waals surface area contributed by atoms with Crippen LogP contribution < -0.4 is 5.32 Å². The van der Waals surface area contributed by atoms with E-state index in [1.54, 1.807) is 11.0 Å². The lowest BCUT2D eigenvalue weighted by Gasteiger charge is -2.32. The van der Waals surface area contributed by atoms with Crippen molar-refractivity contribution < 1.29 is 27.3 Å². The summed E-state index contributed by atoms with van der Waals surface area (Å²) in [6.07, 6.45) is -0.852. The summed E-state index contributed by atoms with van der Waals surface area (Å²) in [5.41, 5.74) is -1.21. The molecule has 0 aliphatic carbocycles. The number of likely N-dealkylation sites (tertiary alicyclic amines) is 1. The highest BCUT2D eigenvalue weighted by Crippen LogP contribution is 2.35. The fraction of sp³-hybridized carbons (Fsp3) is 0.353. The number of hydrogen-bond acceptors (Lipinski definition) is 5. The summed E-state index contributed by atoms with van der Waals surface area (Å²) in [5, 5.41) is 14.1. The minimum Gasteiger partial charge on any atom is -0.472 e. The van der Waals surface area contributed by atoms with E-state index in [1.807, 2.05) is 0 Å². The van der Waals surface area contributed by atoms with Crippen LogP contribution in [0.1, 0.15) is 28.8 Å². The molecule has 0 radical (unpaired) electrons. The Kier molecular flexibility index (Phi) is 5.06. The van der Waals surface area contributed by atoms with Crippen molar-refractivity contribution in [3.8, 4) is 0 Å². The lowest BCUT2D eigenvalue weighted by molar-refractivity contribution is -0.384. The summed E-state index contributed by atoms with van der Waals surface area (Å²) in [6.45, 7) is 0.853. The van der Waals surface area contributed by atoms with E-state index < -0.39 is 22.4 Å². The van der Waals surface area contributed by atoms with Crippen LogP contribution in [0.5, 0.6) is 0 Å². The number of benzene rings is 1. The molecule has 1 aliphatic heterocycles. The highest BCUT2D eigenvalue weighted by atomic mass is 19.4. The van der Waals surface area contributed by atoms with E-state index in [1.165, 1.54) is 12.5 Å². The fourth-order valence-corrected chi connectivity index (χ4v) is 3.00. The van der Waals surface area contributed by atoms with Crippen molar-refractivity contribution in [3.63, 3.8) is 0 Å². The SMILES string of the molecule is O=C(c1ccoc1)N1CCC(Nc2ccc(C(F)(F)F)cc2[N+](=O)[O-])CC1. The number of furan rings is 1. The quantitative estimate of drug-likeness (QED) is 0.639. The van der Waals surface area contributed by atoms with Crippen LogP contribution >= 0.6 is 0 Å². The molecule has 1 saturated heterocycles. The number of nitrogens with zero attached hydrogens (tertiary/aromatic N) is 2. The van der Waals surface area contributed by atoms with Crippen LogP contribution in [-0.2, 0) is 6.18 Å². The number of piperidine rings is 1. The first-order valence-electron chi connectivity index (χ1n) is 8.19. The zero-order valence-electron chi connectivity index (χ0n) is 14.0. The molecule has 1 N–H and O–H groups in total. The predicted octanol–water partition coefficient (Wildman–Crippen LogP) is 3.92. The van der Waals surface area contributed by atoms with Crippen molar-refractivity contribution in [2.24, 2.45) is 0 Å². The van der Waals surface area contributed by atoms with Gasteiger partial charge in [0.2, 0.25) is 0 Å². The van der Waals surface area contributed by atoms with Gasteiger partial charge in [-0.2, -0.15) is 13.2 Å². The summed E-state index contributed by atoms with van der Waals surface area (Å²) in [6, 6.07) is 3.79. The second-order valence-electron chi connectivity index (χ2n) is 6.21. The number of carbonyl (C=O) groups is 1. The topological polar surface area (TPSA) is 88.6 Å². The largest absolute Gasteiger partial charge is 0.472 e. The molecule has 0 bridgehead atoms. The Morgan fingerprint density at radius 3 is 2.52 bits per heavy atom. The molecular weight excluding hydrogens is 367 g/mol. The molecule has 144 valence electrons. The van der Waals surface area contributed by atoms with E-state index >= 15 is 0 Å². The number of anilines is 1. The number of rotatable bonds is 4. The summed E-state index contributed by atoms with van der Waals surface area (Å²) in [4.78, 5) is 24.2. The Balaban J connectivity index is 1.66. The molecular formula is C17H16F3N3O4. The van der Waals surface area contributed by atoms with Crippen molar-refractivity contribution in [1.29, 1.82) is 0 Å². The molecule has 1 aliphatic rings. The van der Waals surface area contributed by atoms with Crippen molar-refractivity contribution in [1.82, 2.24) is 4.90 Å². The van der Waals surface area contributed by atoms with Gasteiger partial charge in [0.1, 0.15) is 12.0 Å². The third kappa shape index (κ3) is 4.21. The third-order valence-electron chi connectivity index (χ3n) is 4.43. The maximum absolute atomic E-state index is 12.8. The number of alkyl halides is 3. The zero-order chi connectivity index (χ0) is 19.6. The van der Waals surface area contributed by atoms with Gasteiger partial charge in [-0.25, -0.2) is 0 Å². The van der Waals surface area contributed by atoms with Gasteiger partial charge in [0.05, 0.1) is 22.3 Å². The number of amides is 1. The first-order valence-corrected chi connectivity index (χ1v) is 8.19. The second kappa shape index (κ2) is 7.29. The van der Waals surface area contributed by atoms with Gasteiger partial charge < -0.3 is 14.6 Å². The van der Waals surface area contributed by atoms with E-state index in [2.05, 4.69) is 5.32 Å². The Morgan fingerprint density at radius 2 is 1.96 bits per heavy atom. The number of hydrogen-bond donors (Lipinski definition) is 1. The normalized spacial score (nSPS) is 15.6. The van der Waals surface area contributed by atoms with Crippen LogP contribution in [0.2, 0.25) is 0 Å². The molecule has 0 unspecified atom stereocenters. The smallest absolute Gasteiger partial charge is 0.416 e. The van der Waals surface area contributed by atoms with Crippen LogP contribution in [0.25, 0.3) is 0 Å². The molecule has 1 aromatic carbocycles. The molecule has 2 aromatic rings. The van der Waals surface area contributed by atoms with E-state index in [0.717, 1.165) is 12.1 Å². The predicted molar refractivity (Wildman–Crippen MR) is 89.4 cm³/mol. The third-order valence-corrected chi connectivity index (χ3v) is 4.43. The molecule has 3 rings (SSSR count). The zero-order valence-corrected chi connectivity index (χ0v) is 14.0. The van der Waals surface area contributed by atoms with Crippen LogP contribution in [0.3, 0.4) is 0 Å². The lowest BCUT2D eigenvalue weighted by Crippen LogP contribution is -2.42. The van der Waals surface area contributed by atoms with E-state index in [0.29, 0.717) is 37.6 Å². The summed E-state index contributed by atoms with van der Waals surface area (Å²) in [7, 11) is 0. The number of halogens is 3. The maximum atomic E-state index is 12.8. The molecule has 0 atom stereocenters. The molecule has 1 amide bonds. The lowest BCUT2D eigenvalue weighted by atomic mass is 10.0. The van der Waals surface area contributed by atoms with Gasteiger partial charge in [0, 0.05) is 25.2 Å². The molecule has 2 heterocycles. The van der Waals surface area contributed by atoms with E-state index in [-0.39, 0.29) is 17.6 Å². The minimum atomic E-state index is -4.65. The molecule has 27 heavy (non-hydrogen) atoms. The Morgan fingerprint density at radius 1 is 1.26 bits per heavy atom. The molecule has 1 aromatic heterocycles. The Hall–Kier alpha value is -3.04. The average molecular weight is 383 g/mol. The summed E-state index contributed by atoms with van der Waals surface area (Å²) >= 11 is 0. The van der Waals surface area contributed by atoms with Crippen molar-refractivity contribution >= 4 is 17.3 Å². The van der Waals surface area contributed by atoms with Gasteiger partial charge in [-0.05, 0) is 31.0 Å². The first-order chi connectivity index (χ1) is 12.8. The number of nitrogens with one attached hydrogen (secondary N) is 1. The highest BCUT2D eigenvalue weighted by molar-refractivity contribution is 5.93. The number of nitro benzene ring substituents is 1. The van der Waals surface area contributed by atoms with Gasteiger partial charge in [-0.15, -0.1) is 0 Å². The maximum Gasteiger partial charge on any atom is 0.416 e. The van der Waals surface area contributed by atoms with E-state index in [4.69, 9.17) is 4.42 Å². The molecule has 1 fully saturated rings. The molecule has 0 spiro atoms. The van der Waals surface area contributed by atoms with Crippen molar-refractivity contribution in [2.45, 2.75) is 25.1 Å². The van der Waals surface area contributed by atoms with Crippen molar-refractivity contribution in [2.75, 3.05) is 18.4 Å². The monoisotopic (exact) mass is 383 g/mol. The summed E-state index contributed by atoms with van der Waals surface area (Å²) in [5.74, 6) is -0.164. The van der Waals surface area contributed by atoms with Gasteiger partial charge in [0.15, 0.2) is 0 Å². The number of carbonyl (C=O) groups excluding carboxylic acids is 1. The van der Waals surface area contributed by atoms with Gasteiger partial charge in [-0.1, -0.05) is 0 Å². The van der Waals surface area contributed by atoms with Crippen molar-refractivity contribution in [3.05, 3.63) is 58.0 Å². The Bertz CT molecular complexity index is 828. The first kappa shape index (κ1) is 18.7. The van der Waals surface area contributed by atoms with Crippen LogP contribution in [0.15, 0.2) is 41.2 Å². The minimum absolute atomic E-state index is 0.0348. The van der Waals surface area contributed by atoms with Gasteiger partial charge in [-0.3, -0.25) is 14.9 Å². The highest BCUT2D eigenvalue weighted by Gasteiger charge is 2.33. The fourth-order valence-electron chi connectivity index (χ4n) is 3.00. The molecule has 0 saturated carbocycles. The second-order valence-corrected chi connectivity index (χ2v) is 6.21. The molecule has 7 nitrogen and oxygen atoms in total. The van der Waals surface area contributed by atoms with Gasteiger partial charge in [0.25, 0.3) is 11.6 Å². The van der Waals surface area contributed by atoms with Crippen LogP contribution in [0.4, 0.5) is 24.5 Å². The van der Waals surface area contributed by atoms with Gasteiger partial charge >= 0.3 is 6.18 Å².